The van der Waals surface area contributed by atoms with Crippen LogP contribution in [0.1, 0.15) is 44.9 Å². The first-order chi connectivity index (χ1) is 11.1. The van der Waals surface area contributed by atoms with E-state index in [1.54, 1.807) is 0 Å². The summed E-state index contributed by atoms with van der Waals surface area (Å²) in [4.78, 5) is 2.47. The summed E-state index contributed by atoms with van der Waals surface area (Å²) in [5.74, 6) is 0. The molecule has 2 rings (SSSR count). The van der Waals surface area contributed by atoms with E-state index in [1.165, 1.54) is 11.1 Å². The van der Waals surface area contributed by atoms with Gasteiger partial charge in [0.1, 0.15) is 6.10 Å². The average molecular weight is 348 g/mol. The maximum atomic E-state index is 6.30. The zero-order valence-electron chi connectivity index (χ0n) is 15.2. The van der Waals surface area contributed by atoms with Crippen LogP contribution < -0.4 is 0 Å². The number of rotatable bonds is 8. The van der Waals surface area contributed by atoms with Crippen LogP contribution in [0.5, 0.6) is 0 Å². The van der Waals surface area contributed by atoms with E-state index in [1.807, 2.05) is 12.1 Å². The third-order valence-electron chi connectivity index (χ3n) is 4.17. The first-order valence-corrected chi connectivity index (χ1v) is 8.57. The molecule has 0 fully saturated rings. The van der Waals surface area contributed by atoms with E-state index in [9.17, 15) is 0 Å². The van der Waals surface area contributed by atoms with Gasteiger partial charge in [0.25, 0.3) is 0 Å². The minimum absolute atomic E-state index is 0. The molecule has 0 saturated carbocycles. The molecule has 0 radical (unpaired) electrons. The van der Waals surface area contributed by atoms with Gasteiger partial charge in [-0.25, -0.2) is 0 Å². The van der Waals surface area contributed by atoms with Gasteiger partial charge in [-0.05, 0) is 38.8 Å². The average Bonchev–Trinajstić information content (AvgIpc) is 2.56. The van der Waals surface area contributed by atoms with Crippen molar-refractivity contribution in [1.82, 2.24) is 4.90 Å². The summed E-state index contributed by atoms with van der Waals surface area (Å²) in [6, 6.07) is 22.0. The van der Waals surface area contributed by atoms with Gasteiger partial charge in [-0.3, -0.25) is 4.90 Å². The minimum Gasteiger partial charge on any atom is -0.367 e. The highest BCUT2D eigenvalue weighted by molar-refractivity contribution is 5.85. The number of hydrogen-bond donors (Lipinski definition) is 0. The van der Waals surface area contributed by atoms with Crippen LogP contribution in [0.4, 0.5) is 0 Å². The summed E-state index contributed by atoms with van der Waals surface area (Å²) < 4.78 is 6.30. The Hall–Kier alpha value is -1.35. The number of ether oxygens (including phenoxy) is 1. The van der Waals surface area contributed by atoms with Gasteiger partial charge in [-0.2, -0.15) is 0 Å². The van der Waals surface area contributed by atoms with Crippen molar-refractivity contribution >= 4 is 12.4 Å². The third kappa shape index (κ3) is 5.94. The van der Waals surface area contributed by atoms with Crippen molar-refractivity contribution in [1.29, 1.82) is 0 Å². The molecule has 2 aromatic carbocycles. The zero-order chi connectivity index (χ0) is 16.7. The molecule has 0 unspecified atom stereocenters. The van der Waals surface area contributed by atoms with Crippen molar-refractivity contribution < 1.29 is 4.74 Å². The summed E-state index contributed by atoms with van der Waals surface area (Å²) in [6.07, 6.45) is -0.00132. The molecule has 132 valence electrons. The maximum absolute atomic E-state index is 6.30. The molecule has 0 N–H and O–H groups in total. The van der Waals surface area contributed by atoms with Crippen molar-refractivity contribution in [2.45, 2.75) is 45.9 Å². The molecule has 2 nitrogen and oxygen atoms in total. The van der Waals surface area contributed by atoms with E-state index in [2.05, 4.69) is 81.1 Å². The Bertz CT molecular complexity index is 509. The van der Waals surface area contributed by atoms with Gasteiger partial charge in [0.15, 0.2) is 0 Å². The molecule has 0 aromatic heterocycles. The third-order valence-corrected chi connectivity index (χ3v) is 4.17. The lowest BCUT2D eigenvalue weighted by atomic mass is 10.0. The first kappa shape index (κ1) is 20.7. The largest absolute Gasteiger partial charge is 0.367 e. The van der Waals surface area contributed by atoms with E-state index < -0.39 is 0 Å². The van der Waals surface area contributed by atoms with Gasteiger partial charge in [0, 0.05) is 18.6 Å². The predicted octanol–water partition coefficient (Wildman–Crippen LogP) is 5.33. The van der Waals surface area contributed by atoms with Gasteiger partial charge in [-0.1, -0.05) is 60.7 Å². The van der Waals surface area contributed by atoms with Crippen molar-refractivity contribution in [3.63, 3.8) is 0 Å². The fraction of sp³-hybridized carbons (Fsp3) is 0.429. The second-order valence-electron chi connectivity index (χ2n) is 6.50. The highest BCUT2D eigenvalue weighted by Gasteiger charge is 2.17. The standard InChI is InChI=1S/C21H29NO.ClH/c1-17(2)22(18(3)4)15-16-23-21(19-11-7-5-8-12-19)20-13-9-6-10-14-20;/h5-14,17-18,21H,15-16H2,1-4H3;1H. The van der Waals surface area contributed by atoms with Gasteiger partial charge in [-0.15, -0.1) is 12.4 Å². The van der Waals surface area contributed by atoms with Gasteiger partial charge in [0.05, 0.1) is 6.61 Å². The quantitative estimate of drug-likeness (QED) is 0.639. The molecule has 0 aliphatic rings. The lowest BCUT2D eigenvalue weighted by Crippen LogP contribution is -2.39. The SMILES string of the molecule is CC(C)N(CCOC(c1ccccc1)c1ccccc1)C(C)C.Cl. The molecule has 0 aliphatic heterocycles. The summed E-state index contributed by atoms with van der Waals surface area (Å²) in [5, 5.41) is 0. The molecule has 0 atom stereocenters. The Morgan fingerprint density at radius 1 is 0.750 bits per heavy atom. The van der Waals surface area contributed by atoms with Crippen LogP contribution in [0.2, 0.25) is 0 Å². The summed E-state index contributed by atoms with van der Waals surface area (Å²) in [6.45, 7) is 10.6. The fourth-order valence-electron chi connectivity index (χ4n) is 3.03. The fourth-order valence-corrected chi connectivity index (χ4v) is 3.03. The molecule has 0 aliphatic carbocycles. The highest BCUT2D eigenvalue weighted by Crippen LogP contribution is 2.25. The molecule has 0 spiro atoms. The monoisotopic (exact) mass is 347 g/mol. The van der Waals surface area contributed by atoms with E-state index in [4.69, 9.17) is 4.74 Å². The summed E-state index contributed by atoms with van der Waals surface area (Å²) in [7, 11) is 0. The van der Waals surface area contributed by atoms with Crippen LogP contribution in [0, 0.1) is 0 Å². The molecular weight excluding hydrogens is 318 g/mol. The smallest absolute Gasteiger partial charge is 0.108 e. The lowest BCUT2D eigenvalue weighted by Gasteiger charge is -2.31. The molecule has 0 amide bonds. The molecule has 0 saturated heterocycles. The molecule has 0 heterocycles. The second kappa shape index (κ2) is 10.5. The van der Waals surface area contributed by atoms with Crippen LogP contribution in [0.25, 0.3) is 0 Å². The van der Waals surface area contributed by atoms with E-state index in [0.717, 1.165) is 13.2 Å². The van der Waals surface area contributed by atoms with E-state index in [-0.39, 0.29) is 18.5 Å². The summed E-state index contributed by atoms with van der Waals surface area (Å²) in [5.41, 5.74) is 2.42. The zero-order valence-corrected chi connectivity index (χ0v) is 16.0. The molecule has 2 aromatic rings. The van der Waals surface area contributed by atoms with Crippen LogP contribution in [-0.2, 0) is 4.74 Å². The Morgan fingerprint density at radius 2 is 1.17 bits per heavy atom. The van der Waals surface area contributed by atoms with Crippen LogP contribution in [0.3, 0.4) is 0 Å². The topological polar surface area (TPSA) is 12.5 Å². The number of nitrogens with zero attached hydrogens (tertiary/aromatic N) is 1. The van der Waals surface area contributed by atoms with Crippen molar-refractivity contribution in [3.8, 4) is 0 Å². The minimum atomic E-state index is -0.00132. The Morgan fingerprint density at radius 3 is 1.54 bits per heavy atom. The Balaban J connectivity index is 0.00000288. The number of benzene rings is 2. The van der Waals surface area contributed by atoms with E-state index in [0.29, 0.717) is 12.1 Å². The van der Waals surface area contributed by atoms with Gasteiger partial charge < -0.3 is 4.74 Å². The number of hydrogen-bond acceptors (Lipinski definition) is 2. The Labute approximate surface area is 153 Å². The van der Waals surface area contributed by atoms with Crippen molar-refractivity contribution in [3.05, 3.63) is 71.8 Å². The highest BCUT2D eigenvalue weighted by atomic mass is 35.5. The van der Waals surface area contributed by atoms with Crippen molar-refractivity contribution in [2.24, 2.45) is 0 Å². The normalized spacial score (nSPS) is 11.3. The summed E-state index contributed by atoms with van der Waals surface area (Å²) >= 11 is 0. The number of halogens is 1. The maximum Gasteiger partial charge on any atom is 0.108 e. The molecule has 24 heavy (non-hydrogen) atoms. The lowest BCUT2D eigenvalue weighted by molar-refractivity contribution is 0.0441. The van der Waals surface area contributed by atoms with Crippen LogP contribution >= 0.6 is 12.4 Å². The van der Waals surface area contributed by atoms with E-state index >= 15 is 0 Å². The molecular formula is C21H30ClNO. The van der Waals surface area contributed by atoms with Gasteiger partial charge >= 0.3 is 0 Å². The molecule has 3 heteroatoms. The predicted molar refractivity (Wildman–Crippen MR) is 105 cm³/mol. The second-order valence-corrected chi connectivity index (χ2v) is 6.50. The van der Waals surface area contributed by atoms with Crippen LogP contribution in [-0.4, -0.2) is 30.1 Å². The van der Waals surface area contributed by atoms with Crippen LogP contribution in [0.15, 0.2) is 60.7 Å². The molecule has 0 bridgehead atoms. The Kier molecular flexibility index (Phi) is 9.05. The first-order valence-electron chi connectivity index (χ1n) is 8.57. The van der Waals surface area contributed by atoms with Gasteiger partial charge in [0.2, 0.25) is 0 Å². The van der Waals surface area contributed by atoms with Crippen molar-refractivity contribution in [2.75, 3.05) is 13.2 Å².